The molecule has 2 aromatic carbocycles. The first-order valence-electron chi connectivity index (χ1n) is 8.34. The third-order valence-corrected chi connectivity index (χ3v) is 4.83. The number of halogens is 2. The number of para-hydroxylation sites is 1. The van der Waals surface area contributed by atoms with Crippen molar-refractivity contribution in [2.24, 2.45) is 0 Å². The van der Waals surface area contributed by atoms with E-state index in [0.29, 0.717) is 16.6 Å². The number of carbonyl (C=O) groups is 1. The quantitative estimate of drug-likeness (QED) is 0.325. The lowest BCUT2D eigenvalue weighted by Gasteiger charge is -2.09. The standard InChI is InChI=1S/C21H16Cl2N2O2/c1-2-27-21(26)14(11-24)10-15-12-25(20-9-4-3-6-16(15)20)13-17-18(22)7-5-8-19(17)23/h3-10,12H,2,13H2,1H3/b14-10-. The molecule has 136 valence electrons. The van der Waals surface area contributed by atoms with E-state index in [9.17, 15) is 10.1 Å². The molecule has 4 nitrogen and oxygen atoms in total. The van der Waals surface area contributed by atoms with Crippen LogP contribution in [0.3, 0.4) is 0 Å². The van der Waals surface area contributed by atoms with E-state index >= 15 is 0 Å². The molecule has 0 saturated carbocycles. The molecule has 0 N–H and O–H groups in total. The van der Waals surface area contributed by atoms with E-state index in [1.807, 2.05) is 41.1 Å². The van der Waals surface area contributed by atoms with Crippen molar-refractivity contribution < 1.29 is 9.53 Å². The summed E-state index contributed by atoms with van der Waals surface area (Å²) in [6.45, 7) is 2.38. The van der Waals surface area contributed by atoms with E-state index in [1.165, 1.54) is 0 Å². The highest BCUT2D eigenvalue weighted by Crippen LogP contribution is 2.29. The lowest BCUT2D eigenvalue weighted by Crippen LogP contribution is -2.05. The van der Waals surface area contributed by atoms with E-state index < -0.39 is 5.97 Å². The second kappa shape index (κ2) is 8.30. The van der Waals surface area contributed by atoms with E-state index in [1.54, 1.807) is 31.2 Å². The fourth-order valence-corrected chi connectivity index (χ4v) is 3.39. The van der Waals surface area contributed by atoms with Crippen LogP contribution in [0.1, 0.15) is 18.1 Å². The molecule has 3 aromatic rings. The Morgan fingerprint density at radius 1 is 1.19 bits per heavy atom. The Balaban J connectivity index is 2.09. The van der Waals surface area contributed by atoms with Crippen LogP contribution in [0.25, 0.3) is 17.0 Å². The third kappa shape index (κ3) is 4.00. The number of nitrogens with zero attached hydrogens (tertiary/aromatic N) is 2. The van der Waals surface area contributed by atoms with Gasteiger partial charge < -0.3 is 9.30 Å². The molecule has 0 aliphatic carbocycles. The maximum absolute atomic E-state index is 11.9. The molecule has 0 atom stereocenters. The predicted molar refractivity (Wildman–Crippen MR) is 108 cm³/mol. The largest absolute Gasteiger partial charge is 0.462 e. The molecule has 3 rings (SSSR count). The average Bonchev–Trinajstić information content (AvgIpc) is 3.00. The van der Waals surface area contributed by atoms with Gasteiger partial charge in [-0.2, -0.15) is 5.26 Å². The molecule has 1 heterocycles. The van der Waals surface area contributed by atoms with Gasteiger partial charge in [0, 0.05) is 38.3 Å². The highest BCUT2D eigenvalue weighted by molar-refractivity contribution is 6.36. The summed E-state index contributed by atoms with van der Waals surface area (Å²) in [6, 6.07) is 15.0. The Kier molecular flexibility index (Phi) is 5.85. The molecule has 0 fully saturated rings. The number of hydrogen-bond acceptors (Lipinski definition) is 3. The van der Waals surface area contributed by atoms with Crippen molar-refractivity contribution >= 4 is 46.2 Å². The molecular formula is C21H16Cl2N2O2. The minimum Gasteiger partial charge on any atom is -0.462 e. The molecule has 0 bridgehead atoms. The van der Waals surface area contributed by atoms with Crippen molar-refractivity contribution in [3.05, 3.63) is 75.4 Å². The number of esters is 1. The van der Waals surface area contributed by atoms with Gasteiger partial charge in [0.05, 0.1) is 13.2 Å². The minimum atomic E-state index is -0.633. The van der Waals surface area contributed by atoms with Crippen LogP contribution >= 0.6 is 23.2 Å². The van der Waals surface area contributed by atoms with Crippen LogP contribution in [0, 0.1) is 11.3 Å². The van der Waals surface area contributed by atoms with Gasteiger partial charge in [-0.15, -0.1) is 0 Å². The summed E-state index contributed by atoms with van der Waals surface area (Å²) in [5, 5.41) is 11.4. The Morgan fingerprint density at radius 2 is 1.89 bits per heavy atom. The van der Waals surface area contributed by atoms with Crippen LogP contribution in [0.2, 0.25) is 10.0 Å². The van der Waals surface area contributed by atoms with Crippen LogP contribution in [0.4, 0.5) is 0 Å². The van der Waals surface area contributed by atoms with Gasteiger partial charge in [-0.3, -0.25) is 0 Å². The maximum Gasteiger partial charge on any atom is 0.348 e. The zero-order valence-electron chi connectivity index (χ0n) is 14.6. The number of fused-ring (bicyclic) bond motifs is 1. The molecule has 0 aliphatic rings. The first-order chi connectivity index (χ1) is 13.0. The molecule has 6 heteroatoms. The van der Waals surface area contributed by atoms with Crippen LogP contribution in [-0.2, 0) is 16.1 Å². The molecule has 0 amide bonds. The highest BCUT2D eigenvalue weighted by atomic mass is 35.5. The number of nitriles is 1. The van der Waals surface area contributed by atoms with Gasteiger partial charge in [0.2, 0.25) is 0 Å². The third-order valence-electron chi connectivity index (χ3n) is 4.13. The molecule has 0 saturated heterocycles. The summed E-state index contributed by atoms with van der Waals surface area (Å²) in [4.78, 5) is 11.9. The van der Waals surface area contributed by atoms with Gasteiger partial charge in [-0.1, -0.05) is 47.5 Å². The number of rotatable bonds is 5. The number of hydrogen-bond donors (Lipinski definition) is 0. The number of benzene rings is 2. The van der Waals surface area contributed by atoms with Crippen LogP contribution in [-0.4, -0.2) is 17.1 Å². The highest BCUT2D eigenvalue weighted by Gasteiger charge is 2.14. The summed E-state index contributed by atoms with van der Waals surface area (Å²) in [5.74, 6) is -0.633. The van der Waals surface area contributed by atoms with Gasteiger partial charge >= 0.3 is 5.97 Å². The molecule has 1 aromatic heterocycles. The molecule has 0 spiro atoms. The lowest BCUT2D eigenvalue weighted by molar-refractivity contribution is -0.137. The Bertz CT molecular complexity index is 1060. The second-order valence-electron chi connectivity index (χ2n) is 5.82. The van der Waals surface area contributed by atoms with Crippen LogP contribution < -0.4 is 0 Å². The second-order valence-corrected chi connectivity index (χ2v) is 6.63. The van der Waals surface area contributed by atoms with E-state index in [2.05, 4.69) is 0 Å². The predicted octanol–water partition coefficient (Wildman–Crippen LogP) is 5.47. The minimum absolute atomic E-state index is 0.0458. The first kappa shape index (κ1) is 19.0. The zero-order chi connectivity index (χ0) is 19.4. The monoisotopic (exact) mass is 398 g/mol. The Labute approximate surface area is 167 Å². The van der Waals surface area contributed by atoms with Crippen molar-refractivity contribution in [1.82, 2.24) is 4.57 Å². The SMILES string of the molecule is CCOC(=O)/C(C#N)=C\c1cn(Cc2c(Cl)cccc2Cl)c2ccccc12. The smallest absolute Gasteiger partial charge is 0.348 e. The first-order valence-corrected chi connectivity index (χ1v) is 9.10. The fourth-order valence-electron chi connectivity index (χ4n) is 2.88. The van der Waals surface area contributed by atoms with Gasteiger partial charge in [0.15, 0.2) is 0 Å². The normalized spacial score (nSPS) is 11.4. The van der Waals surface area contributed by atoms with Gasteiger partial charge in [-0.25, -0.2) is 4.79 Å². The Morgan fingerprint density at radius 3 is 2.56 bits per heavy atom. The van der Waals surface area contributed by atoms with E-state index in [0.717, 1.165) is 22.0 Å². The van der Waals surface area contributed by atoms with Crippen molar-refractivity contribution in [2.45, 2.75) is 13.5 Å². The summed E-state index contributed by atoms with van der Waals surface area (Å²) < 4.78 is 6.94. The summed E-state index contributed by atoms with van der Waals surface area (Å²) in [6.07, 6.45) is 3.42. The molecule has 0 unspecified atom stereocenters. The van der Waals surface area contributed by atoms with Crippen LogP contribution in [0.15, 0.2) is 54.2 Å². The molecular weight excluding hydrogens is 383 g/mol. The van der Waals surface area contributed by atoms with Crippen molar-refractivity contribution in [3.8, 4) is 6.07 Å². The molecule has 0 aliphatic heterocycles. The zero-order valence-corrected chi connectivity index (χ0v) is 16.1. The average molecular weight is 399 g/mol. The van der Waals surface area contributed by atoms with Gasteiger partial charge in [-0.05, 0) is 31.2 Å². The summed E-state index contributed by atoms with van der Waals surface area (Å²) in [7, 11) is 0. The number of ether oxygens (including phenoxy) is 1. The number of aromatic nitrogens is 1. The molecule has 0 radical (unpaired) electrons. The summed E-state index contributed by atoms with van der Waals surface area (Å²) >= 11 is 12.6. The topological polar surface area (TPSA) is 55.0 Å². The van der Waals surface area contributed by atoms with E-state index in [-0.39, 0.29) is 12.2 Å². The Hall–Kier alpha value is -2.74. The van der Waals surface area contributed by atoms with Gasteiger partial charge in [0.25, 0.3) is 0 Å². The number of carbonyl (C=O) groups excluding carboxylic acids is 1. The fraction of sp³-hybridized carbons (Fsp3) is 0.143. The van der Waals surface area contributed by atoms with Crippen molar-refractivity contribution in [3.63, 3.8) is 0 Å². The molecule has 27 heavy (non-hydrogen) atoms. The maximum atomic E-state index is 11.9. The summed E-state index contributed by atoms with van der Waals surface area (Å²) in [5.41, 5.74) is 2.46. The van der Waals surface area contributed by atoms with E-state index in [4.69, 9.17) is 27.9 Å². The van der Waals surface area contributed by atoms with Gasteiger partial charge in [0.1, 0.15) is 11.6 Å². The lowest BCUT2D eigenvalue weighted by atomic mass is 10.1. The van der Waals surface area contributed by atoms with Crippen molar-refractivity contribution in [1.29, 1.82) is 5.26 Å². The van der Waals surface area contributed by atoms with Crippen LogP contribution in [0.5, 0.6) is 0 Å². The van der Waals surface area contributed by atoms with Crippen molar-refractivity contribution in [2.75, 3.05) is 6.61 Å².